The van der Waals surface area contributed by atoms with Crippen LogP contribution in [0.2, 0.25) is 0 Å². The van der Waals surface area contributed by atoms with E-state index >= 15 is 0 Å². The first kappa shape index (κ1) is 37.7. The topological polar surface area (TPSA) is 157 Å². The van der Waals surface area contributed by atoms with E-state index in [2.05, 4.69) is 40.0 Å². The second-order valence-corrected chi connectivity index (χ2v) is 18.5. The lowest BCUT2D eigenvalue weighted by atomic mass is 9.73. The van der Waals surface area contributed by atoms with Crippen LogP contribution < -0.4 is 21.3 Å². The maximum atomic E-state index is 14.9. The average Bonchev–Trinajstić information content (AvgIpc) is 3.89. The Morgan fingerprint density at radius 3 is 2.08 bits per heavy atom. The molecule has 5 atom stereocenters. The summed E-state index contributed by atoms with van der Waals surface area (Å²) in [7, 11) is 2.01. The molecule has 4 N–H and O–H groups in total. The van der Waals surface area contributed by atoms with Crippen LogP contribution >= 0.6 is 0 Å². The summed E-state index contributed by atoms with van der Waals surface area (Å²) >= 11 is 0. The largest absolute Gasteiger partial charge is 0.347 e. The molecule has 0 radical (unpaired) electrons. The molecule has 6 rings (SSSR count). The Labute approximate surface area is 303 Å². The van der Waals surface area contributed by atoms with Crippen LogP contribution in [-0.2, 0) is 28.8 Å². The normalized spacial score (nSPS) is 29.8. The van der Waals surface area contributed by atoms with Crippen molar-refractivity contribution in [2.45, 2.75) is 142 Å². The molecular formula is C39H62N6O6. The third kappa shape index (κ3) is 7.07. The maximum Gasteiger partial charge on any atom is 0.289 e. The Bertz CT molecular complexity index is 1410. The molecular weight excluding hydrogens is 648 g/mol. The molecule has 5 amide bonds. The molecule has 4 unspecified atom stereocenters. The summed E-state index contributed by atoms with van der Waals surface area (Å²) in [6.07, 6.45) is 11.9. The number of nitrogens with zero attached hydrogens (tertiary/aromatic N) is 2. The number of Topliss-reactive ketones (excluding diaryl/α,β-unsaturated/α-hetero) is 1. The van der Waals surface area contributed by atoms with Gasteiger partial charge in [-0.25, -0.2) is 0 Å². The van der Waals surface area contributed by atoms with Crippen molar-refractivity contribution in [3.05, 3.63) is 0 Å². The summed E-state index contributed by atoms with van der Waals surface area (Å²) in [6.45, 7) is 11.8. The van der Waals surface area contributed by atoms with E-state index in [1.807, 2.05) is 27.8 Å². The van der Waals surface area contributed by atoms with Crippen molar-refractivity contribution in [3.8, 4) is 0 Å². The molecule has 0 aromatic carbocycles. The molecule has 12 nitrogen and oxygen atoms in total. The predicted octanol–water partition coefficient (Wildman–Crippen LogP) is 2.69. The molecule has 6 aliphatic rings. The van der Waals surface area contributed by atoms with Gasteiger partial charge in [-0.3, -0.25) is 28.8 Å². The second-order valence-electron chi connectivity index (χ2n) is 18.5. The fourth-order valence-corrected chi connectivity index (χ4v) is 10.5. The summed E-state index contributed by atoms with van der Waals surface area (Å²) in [5.41, 5.74) is -0.977. The van der Waals surface area contributed by atoms with E-state index in [1.54, 1.807) is 4.90 Å². The minimum absolute atomic E-state index is 0.0197. The monoisotopic (exact) mass is 710 g/mol. The van der Waals surface area contributed by atoms with Crippen molar-refractivity contribution >= 4 is 35.3 Å². The Morgan fingerprint density at radius 2 is 1.51 bits per heavy atom. The Kier molecular flexibility index (Phi) is 10.4. The van der Waals surface area contributed by atoms with Gasteiger partial charge in [0.2, 0.25) is 29.4 Å². The zero-order chi connectivity index (χ0) is 36.9. The molecule has 4 saturated carbocycles. The van der Waals surface area contributed by atoms with Crippen LogP contribution in [0.4, 0.5) is 0 Å². The van der Waals surface area contributed by atoms with Crippen LogP contribution in [0, 0.1) is 33.5 Å². The van der Waals surface area contributed by atoms with E-state index in [1.165, 1.54) is 0 Å². The molecule has 2 heterocycles. The zero-order valence-corrected chi connectivity index (χ0v) is 31.8. The van der Waals surface area contributed by atoms with E-state index in [4.69, 9.17) is 0 Å². The Morgan fingerprint density at radius 1 is 0.824 bits per heavy atom. The highest BCUT2D eigenvalue weighted by atomic mass is 16.2. The lowest BCUT2D eigenvalue weighted by Crippen LogP contribution is -2.62. The average molecular weight is 711 g/mol. The van der Waals surface area contributed by atoms with Gasteiger partial charge in [-0.15, -0.1) is 0 Å². The van der Waals surface area contributed by atoms with Gasteiger partial charge in [0.1, 0.15) is 18.1 Å². The summed E-state index contributed by atoms with van der Waals surface area (Å²) in [6, 6.07) is -2.51. The van der Waals surface area contributed by atoms with Gasteiger partial charge in [0.05, 0.1) is 12.5 Å². The molecule has 2 saturated heterocycles. The fourth-order valence-electron chi connectivity index (χ4n) is 10.5. The number of ketones is 1. The molecule has 6 fully saturated rings. The number of likely N-dealkylation sites (tertiary alicyclic amines) is 2. The molecule has 4 aliphatic carbocycles. The zero-order valence-electron chi connectivity index (χ0n) is 31.8. The van der Waals surface area contributed by atoms with Crippen LogP contribution in [0.3, 0.4) is 0 Å². The lowest BCUT2D eigenvalue weighted by Gasteiger charge is -2.38. The predicted molar refractivity (Wildman–Crippen MR) is 192 cm³/mol. The van der Waals surface area contributed by atoms with Crippen molar-refractivity contribution in [2.24, 2.45) is 33.5 Å². The SMILES string of the molecule is CN1CCCC(C(=O)NC(C(=O)N[C@H](C(=O)N2CC3(CC2C(=O)NCC(=O)C(=O)NC2CC2)C(C)(C)C32CCC2)C(C)(C)C)C2CCCCC2)C1. The quantitative estimate of drug-likeness (QED) is 0.240. The van der Waals surface area contributed by atoms with E-state index in [9.17, 15) is 28.8 Å². The van der Waals surface area contributed by atoms with Crippen molar-refractivity contribution in [1.29, 1.82) is 0 Å². The highest BCUT2D eigenvalue weighted by Crippen LogP contribution is 2.88. The molecule has 0 aromatic rings. The maximum absolute atomic E-state index is 14.9. The number of hydrogen-bond acceptors (Lipinski definition) is 7. The van der Waals surface area contributed by atoms with Gasteiger partial charge in [0.15, 0.2) is 0 Å². The van der Waals surface area contributed by atoms with Crippen LogP contribution in [-0.4, -0.2) is 103 Å². The van der Waals surface area contributed by atoms with Crippen molar-refractivity contribution in [3.63, 3.8) is 0 Å². The molecule has 0 bridgehead atoms. The Hall–Kier alpha value is -3.02. The first-order chi connectivity index (χ1) is 24.0. The van der Waals surface area contributed by atoms with Crippen LogP contribution in [0.5, 0.6) is 0 Å². The van der Waals surface area contributed by atoms with Gasteiger partial charge in [0.25, 0.3) is 5.91 Å². The molecule has 2 spiro atoms. The van der Waals surface area contributed by atoms with Crippen molar-refractivity contribution in [2.75, 3.05) is 33.2 Å². The molecule has 0 aromatic heterocycles. The van der Waals surface area contributed by atoms with Crippen molar-refractivity contribution in [1.82, 2.24) is 31.1 Å². The fraction of sp³-hybridized carbons (Fsp3) is 0.846. The van der Waals surface area contributed by atoms with E-state index in [-0.39, 0.29) is 51.8 Å². The van der Waals surface area contributed by atoms with Crippen molar-refractivity contribution < 1.29 is 28.8 Å². The van der Waals surface area contributed by atoms with Gasteiger partial charge in [-0.05, 0) is 93.5 Å². The van der Waals surface area contributed by atoms with Gasteiger partial charge in [-0.2, -0.15) is 0 Å². The highest BCUT2D eigenvalue weighted by molar-refractivity contribution is 6.37. The van der Waals surface area contributed by atoms with Crippen LogP contribution in [0.25, 0.3) is 0 Å². The number of piperidine rings is 1. The first-order valence-electron chi connectivity index (χ1n) is 19.7. The minimum Gasteiger partial charge on any atom is -0.347 e. The number of hydrogen-bond donors (Lipinski definition) is 4. The summed E-state index contributed by atoms with van der Waals surface area (Å²) < 4.78 is 0. The van der Waals surface area contributed by atoms with Crippen LogP contribution in [0.15, 0.2) is 0 Å². The van der Waals surface area contributed by atoms with E-state index in [0.29, 0.717) is 19.5 Å². The molecule has 284 valence electrons. The summed E-state index contributed by atoms with van der Waals surface area (Å²) in [5.74, 6) is -2.85. The number of nitrogens with one attached hydrogen (secondary N) is 4. The highest BCUT2D eigenvalue weighted by Gasteiger charge is 2.85. The van der Waals surface area contributed by atoms with Gasteiger partial charge in [-0.1, -0.05) is 60.3 Å². The molecule has 12 heteroatoms. The standard InChI is InChI=1S/C39H62N6O6/c1-36(2,3)30(43-34(50)29(24-12-8-7-9-13-24)42-31(47)25-14-10-19-44(6)22-25)35(51)45-23-39(37(4,5)38(39)17-11-18-38)20-27(45)32(48)40-21-28(46)33(49)41-26-15-16-26/h24-27,29-30H,7-23H2,1-6H3,(H,40,48)(H,41,49)(H,42,47)(H,43,50)/t25?,27?,29?,30-,39?/m1/s1. The summed E-state index contributed by atoms with van der Waals surface area (Å²) in [5, 5.41) is 11.6. The van der Waals surface area contributed by atoms with Gasteiger partial charge < -0.3 is 31.1 Å². The van der Waals surface area contributed by atoms with Gasteiger partial charge >= 0.3 is 0 Å². The third-order valence-electron chi connectivity index (χ3n) is 14.1. The summed E-state index contributed by atoms with van der Waals surface area (Å²) in [4.78, 5) is 85.5. The second kappa shape index (κ2) is 14.1. The van der Waals surface area contributed by atoms with E-state index in [0.717, 1.165) is 83.6 Å². The Balaban J connectivity index is 1.22. The number of carbonyl (C=O) groups is 6. The number of amides is 5. The first-order valence-corrected chi connectivity index (χ1v) is 19.7. The smallest absolute Gasteiger partial charge is 0.289 e. The lowest BCUT2D eigenvalue weighted by molar-refractivity contribution is -0.145. The number of carbonyl (C=O) groups excluding carboxylic acids is 6. The number of rotatable bonds is 11. The molecule has 2 aliphatic heterocycles. The molecule has 51 heavy (non-hydrogen) atoms. The third-order valence-corrected chi connectivity index (χ3v) is 14.1. The van der Waals surface area contributed by atoms with E-state index < -0.39 is 47.7 Å². The van der Waals surface area contributed by atoms with Gasteiger partial charge in [0, 0.05) is 24.5 Å². The minimum atomic E-state index is -0.954. The van der Waals surface area contributed by atoms with Crippen LogP contribution in [0.1, 0.15) is 118 Å². The number of fused-ring (bicyclic) bond motifs is 1.